The van der Waals surface area contributed by atoms with Crippen LogP contribution in [0.4, 0.5) is 10.1 Å². The Labute approximate surface area is 130 Å². The third-order valence-corrected chi connectivity index (χ3v) is 3.33. The van der Waals surface area contributed by atoms with Gasteiger partial charge >= 0.3 is 0 Å². The number of hydrogen-bond donors (Lipinski definition) is 2. The van der Waals surface area contributed by atoms with Crippen LogP contribution in [-0.2, 0) is 11.3 Å². The normalized spacial score (nSPS) is 10.2. The summed E-state index contributed by atoms with van der Waals surface area (Å²) in [4.78, 5) is 10.6. The van der Waals surface area contributed by atoms with E-state index in [1.165, 1.54) is 6.07 Å². The lowest BCUT2D eigenvalue weighted by Gasteiger charge is -2.08. The van der Waals surface area contributed by atoms with Gasteiger partial charge in [-0.3, -0.25) is 4.79 Å². The molecule has 0 saturated carbocycles. The molecule has 0 aliphatic rings. The molecule has 2 aromatic carbocycles. The number of benzene rings is 2. The van der Waals surface area contributed by atoms with Gasteiger partial charge in [0.05, 0.1) is 4.47 Å². The number of primary amides is 1. The number of halogens is 2. The predicted molar refractivity (Wildman–Crippen MR) is 82.6 cm³/mol. The van der Waals surface area contributed by atoms with E-state index in [-0.39, 0.29) is 12.4 Å². The van der Waals surface area contributed by atoms with E-state index in [0.717, 1.165) is 11.3 Å². The minimum absolute atomic E-state index is 0.138. The number of amides is 1. The van der Waals surface area contributed by atoms with Gasteiger partial charge in [-0.1, -0.05) is 12.1 Å². The lowest BCUT2D eigenvalue weighted by molar-refractivity contribution is -0.119. The predicted octanol–water partition coefficient (Wildman–Crippen LogP) is 3.06. The van der Waals surface area contributed by atoms with Crippen LogP contribution < -0.4 is 15.8 Å². The van der Waals surface area contributed by atoms with Gasteiger partial charge < -0.3 is 15.8 Å². The molecule has 4 nitrogen and oxygen atoms in total. The van der Waals surface area contributed by atoms with Gasteiger partial charge in [-0.15, -0.1) is 0 Å². The Morgan fingerprint density at radius 2 is 1.95 bits per heavy atom. The molecule has 1 amide bonds. The summed E-state index contributed by atoms with van der Waals surface area (Å²) in [5, 5.41) is 3.19. The van der Waals surface area contributed by atoms with Crippen LogP contribution in [0.15, 0.2) is 46.9 Å². The van der Waals surface area contributed by atoms with E-state index >= 15 is 0 Å². The molecule has 21 heavy (non-hydrogen) atoms. The summed E-state index contributed by atoms with van der Waals surface area (Å²) in [5.41, 5.74) is 6.85. The molecule has 0 spiro atoms. The van der Waals surface area contributed by atoms with Crippen molar-refractivity contribution in [3.05, 3.63) is 58.3 Å². The first kappa shape index (κ1) is 15.3. The molecule has 0 bridgehead atoms. The highest BCUT2D eigenvalue weighted by atomic mass is 79.9. The highest BCUT2D eigenvalue weighted by molar-refractivity contribution is 9.10. The Hall–Kier alpha value is -2.08. The third-order valence-electron chi connectivity index (χ3n) is 2.72. The lowest BCUT2D eigenvalue weighted by Crippen LogP contribution is -2.19. The summed E-state index contributed by atoms with van der Waals surface area (Å²) in [6.07, 6.45) is 0. The van der Waals surface area contributed by atoms with Crippen molar-refractivity contribution in [1.29, 1.82) is 0 Å². The van der Waals surface area contributed by atoms with Gasteiger partial charge in [0, 0.05) is 12.2 Å². The van der Waals surface area contributed by atoms with Gasteiger partial charge in [0.1, 0.15) is 11.6 Å². The van der Waals surface area contributed by atoms with Crippen LogP contribution in [0.1, 0.15) is 5.56 Å². The molecule has 0 aliphatic carbocycles. The first-order valence-corrected chi connectivity index (χ1v) is 7.03. The number of nitrogens with two attached hydrogens (primary N) is 1. The Kier molecular flexibility index (Phi) is 5.16. The van der Waals surface area contributed by atoms with Crippen molar-refractivity contribution in [1.82, 2.24) is 0 Å². The molecule has 0 atom stereocenters. The number of hydrogen-bond acceptors (Lipinski definition) is 3. The van der Waals surface area contributed by atoms with Crippen molar-refractivity contribution in [2.45, 2.75) is 6.54 Å². The summed E-state index contributed by atoms with van der Waals surface area (Å²) in [7, 11) is 0. The van der Waals surface area contributed by atoms with Crippen LogP contribution in [0.3, 0.4) is 0 Å². The minimum Gasteiger partial charge on any atom is -0.484 e. The largest absolute Gasteiger partial charge is 0.484 e. The molecule has 2 aromatic rings. The fourth-order valence-corrected chi connectivity index (χ4v) is 2.05. The van der Waals surface area contributed by atoms with Crippen molar-refractivity contribution < 1.29 is 13.9 Å². The van der Waals surface area contributed by atoms with E-state index in [1.807, 2.05) is 12.1 Å². The van der Waals surface area contributed by atoms with Crippen LogP contribution in [-0.4, -0.2) is 12.5 Å². The van der Waals surface area contributed by atoms with Crippen molar-refractivity contribution in [3.8, 4) is 5.75 Å². The molecule has 0 radical (unpaired) electrons. The van der Waals surface area contributed by atoms with Gasteiger partial charge in [-0.25, -0.2) is 4.39 Å². The molecular formula is C15H14BrFN2O2. The average molecular weight is 353 g/mol. The third kappa shape index (κ3) is 4.75. The Bertz CT molecular complexity index is 632. The summed E-state index contributed by atoms with van der Waals surface area (Å²) in [5.74, 6) is -0.221. The Morgan fingerprint density at radius 1 is 1.24 bits per heavy atom. The summed E-state index contributed by atoms with van der Waals surface area (Å²) in [6.45, 7) is 0.454. The maximum atomic E-state index is 13.1. The highest BCUT2D eigenvalue weighted by Gasteiger charge is 2.01. The standard InChI is InChI=1S/C15H14BrFN2O2/c16-13-7-11(3-6-14(13)17)19-8-10-1-4-12(5-2-10)21-9-15(18)20/h1-7,19H,8-9H2,(H2,18,20). The number of carbonyl (C=O) groups is 1. The molecule has 110 valence electrons. The van der Waals surface area contributed by atoms with Crippen molar-refractivity contribution in [2.24, 2.45) is 5.73 Å². The fraction of sp³-hybridized carbons (Fsp3) is 0.133. The van der Waals surface area contributed by atoms with Gasteiger partial charge in [-0.2, -0.15) is 0 Å². The maximum absolute atomic E-state index is 13.1. The second-order valence-corrected chi connectivity index (χ2v) is 5.24. The lowest BCUT2D eigenvalue weighted by atomic mass is 10.2. The first-order valence-electron chi connectivity index (χ1n) is 6.23. The molecule has 0 saturated heterocycles. The molecule has 0 aliphatic heterocycles. The monoisotopic (exact) mass is 352 g/mol. The van der Waals surface area contributed by atoms with Crippen molar-refractivity contribution >= 4 is 27.5 Å². The number of carbonyl (C=O) groups excluding carboxylic acids is 1. The SMILES string of the molecule is NC(=O)COc1ccc(CNc2ccc(F)c(Br)c2)cc1. The molecule has 0 aromatic heterocycles. The van der Waals surface area contributed by atoms with E-state index in [9.17, 15) is 9.18 Å². The van der Waals surface area contributed by atoms with Crippen molar-refractivity contribution in [2.75, 3.05) is 11.9 Å². The molecule has 6 heteroatoms. The highest BCUT2D eigenvalue weighted by Crippen LogP contribution is 2.20. The zero-order valence-corrected chi connectivity index (χ0v) is 12.7. The van der Waals surface area contributed by atoms with Gasteiger partial charge in [0.25, 0.3) is 5.91 Å². The van der Waals surface area contributed by atoms with Gasteiger partial charge in [0.2, 0.25) is 0 Å². The first-order chi connectivity index (χ1) is 10.0. The van der Waals surface area contributed by atoms with Gasteiger partial charge in [0.15, 0.2) is 6.61 Å². The van der Waals surface area contributed by atoms with E-state index in [2.05, 4.69) is 21.2 Å². The number of anilines is 1. The topological polar surface area (TPSA) is 64.4 Å². The molecule has 3 N–H and O–H groups in total. The Balaban J connectivity index is 1.91. The molecule has 0 unspecified atom stereocenters. The van der Waals surface area contributed by atoms with E-state index < -0.39 is 5.91 Å². The van der Waals surface area contributed by atoms with Crippen LogP contribution >= 0.6 is 15.9 Å². The summed E-state index contributed by atoms with van der Waals surface area (Å²) in [6, 6.07) is 12.0. The zero-order chi connectivity index (χ0) is 15.2. The summed E-state index contributed by atoms with van der Waals surface area (Å²) >= 11 is 3.14. The van der Waals surface area contributed by atoms with E-state index in [1.54, 1.807) is 24.3 Å². The zero-order valence-electron chi connectivity index (χ0n) is 11.1. The van der Waals surface area contributed by atoms with Crippen LogP contribution in [0, 0.1) is 5.82 Å². The Morgan fingerprint density at radius 3 is 2.57 bits per heavy atom. The summed E-state index contributed by atoms with van der Waals surface area (Å²) < 4.78 is 18.7. The molecule has 0 heterocycles. The quantitative estimate of drug-likeness (QED) is 0.839. The van der Waals surface area contributed by atoms with Crippen molar-refractivity contribution in [3.63, 3.8) is 0 Å². The number of ether oxygens (including phenoxy) is 1. The van der Waals surface area contributed by atoms with E-state index in [4.69, 9.17) is 10.5 Å². The second kappa shape index (κ2) is 7.08. The molecule has 0 fully saturated rings. The number of nitrogens with one attached hydrogen (secondary N) is 1. The molecule has 2 rings (SSSR count). The minimum atomic E-state index is -0.511. The second-order valence-electron chi connectivity index (χ2n) is 4.38. The van der Waals surface area contributed by atoms with E-state index in [0.29, 0.717) is 16.8 Å². The van der Waals surface area contributed by atoms with Gasteiger partial charge in [-0.05, 0) is 51.8 Å². The van der Waals surface area contributed by atoms with Crippen LogP contribution in [0.2, 0.25) is 0 Å². The maximum Gasteiger partial charge on any atom is 0.255 e. The number of rotatable bonds is 6. The smallest absolute Gasteiger partial charge is 0.255 e. The molecular weight excluding hydrogens is 339 g/mol. The van der Waals surface area contributed by atoms with Crippen LogP contribution in [0.5, 0.6) is 5.75 Å². The fourth-order valence-electron chi connectivity index (χ4n) is 1.67. The van der Waals surface area contributed by atoms with Crippen LogP contribution in [0.25, 0.3) is 0 Å². The average Bonchev–Trinajstić information content (AvgIpc) is 2.47.